The number of hydrogen-bond donors (Lipinski definition) is 2. The van der Waals surface area contributed by atoms with Crippen LogP contribution in [0.4, 0.5) is 0 Å². The van der Waals surface area contributed by atoms with Crippen LogP contribution in [0.2, 0.25) is 5.02 Å². The van der Waals surface area contributed by atoms with Crippen LogP contribution >= 0.6 is 11.6 Å². The molecule has 5 nitrogen and oxygen atoms in total. The van der Waals surface area contributed by atoms with Gasteiger partial charge in [0.2, 0.25) is 0 Å². The number of benzene rings is 1. The second-order valence-corrected chi connectivity index (χ2v) is 6.18. The molecule has 0 amide bonds. The summed E-state index contributed by atoms with van der Waals surface area (Å²) in [6.07, 6.45) is 3.51. The SMILES string of the molecule is CCNC(=NCc1ccccc1Cl)NCCCOCC1CCCO1. The van der Waals surface area contributed by atoms with Crippen LogP contribution in [0.5, 0.6) is 0 Å². The molecule has 0 spiro atoms. The molecule has 1 aliphatic heterocycles. The van der Waals surface area contributed by atoms with Gasteiger partial charge in [-0.25, -0.2) is 4.99 Å². The van der Waals surface area contributed by atoms with Crippen molar-refractivity contribution in [3.63, 3.8) is 0 Å². The van der Waals surface area contributed by atoms with E-state index in [1.54, 1.807) is 0 Å². The molecule has 2 rings (SSSR count). The summed E-state index contributed by atoms with van der Waals surface area (Å²) in [6.45, 7) is 6.58. The zero-order chi connectivity index (χ0) is 17.0. The zero-order valence-corrected chi connectivity index (χ0v) is 15.1. The molecular weight excluding hydrogens is 326 g/mol. The van der Waals surface area contributed by atoms with Gasteiger partial charge in [-0.05, 0) is 37.8 Å². The van der Waals surface area contributed by atoms with Crippen molar-refractivity contribution in [3.05, 3.63) is 34.9 Å². The lowest BCUT2D eigenvalue weighted by molar-refractivity contribution is 0.0168. The van der Waals surface area contributed by atoms with Crippen LogP contribution in [0.15, 0.2) is 29.3 Å². The lowest BCUT2D eigenvalue weighted by Crippen LogP contribution is -2.38. The third kappa shape index (κ3) is 7.07. The minimum atomic E-state index is 0.299. The number of nitrogens with zero attached hydrogens (tertiary/aromatic N) is 1. The Kier molecular flexibility index (Phi) is 8.95. The van der Waals surface area contributed by atoms with Gasteiger partial charge >= 0.3 is 0 Å². The van der Waals surface area contributed by atoms with Crippen molar-refractivity contribution < 1.29 is 9.47 Å². The van der Waals surface area contributed by atoms with E-state index < -0.39 is 0 Å². The molecule has 1 fully saturated rings. The number of guanidine groups is 1. The fourth-order valence-electron chi connectivity index (χ4n) is 2.50. The number of ether oxygens (including phenoxy) is 2. The van der Waals surface area contributed by atoms with Gasteiger partial charge in [0.1, 0.15) is 0 Å². The summed E-state index contributed by atoms with van der Waals surface area (Å²) in [5, 5.41) is 7.32. The van der Waals surface area contributed by atoms with Crippen LogP contribution in [0.1, 0.15) is 31.7 Å². The Hall–Kier alpha value is -1.30. The quantitative estimate of drug-likeness (QED) is 0.407. The first-order chi connectivity index (χ1) is 11.8. The minimum Gasteiger partial charge on any atom is -0.379 e. The minimum absolute atomic E-state index is 0.299. The summed E-state index contributed by atoms with van der Waals surface area (Å²) in [6, 6.07) is 7.78. The zero-order valence-electron chi connectivity index (χ0n) is 14.4. The first-order valence-electron chi connectivity index (χ1n) is 8.74. The summed E-state index contributed by atoms with van der Waals surface area (Å²) >= 11 is 6.16. The van der Waals surface area contributed by atoms with E-state index >= 15 is 0 Å². The van der Waals surface area contributed by atoms with E-state index in [2.05, 4.69) is 22.5 Å². The van der Waals surface area contributed by atoms with Gasteiger partial charge in [0.05, 0.1) is 19.3 Å². The van der Waals surface area contributed by atoms with E-state index in [-0.39, 0.29) is 0 Å². The van der Waals surface area contributed by atoms with Crippen LogP contribution in [-0.2, 0) is 16.0 Å². The summed E-state index contributed by atoms with van der Waals surface area (Å²) in [5.74, 6) is 0.802. The Morgan fingerprint density at radius 3 is 3.00 bits per heavy atom. The monoisotopic (exact) mass is 353 g/mol. The Labute approximate surface area is 149 Å². The van der Waals surface area contributed by atoms with Crippen molar-refractivity contribution in [1.82, 2.24) is 10.6 Å². The van der Waals surface area contributed by atoms with Crippen LogP contribution in [0.25, 0.3) is 0 Å². The molecule has 0 saturated carbocycles. The van der Waals surface area contributed by atoms with Gasteiger partial charge in [0, 0.05) is 31.3 Å². The fourth-order valence-corrected chi connectivity index (χ4v) is 2.70. The average Bonchev–Trinajstić information content (AvgIpc) is 3.10. The number of hydrogen-bond acceptors (Lipinski definition) is 3. The third-order valence-corrected chi connectivity index (χ3v) is 4.16. The van der Waals surface area contributed by atoms with Gasteiger partial charge in [-0.3, -0.25) is 0 Å². The highest BCUT2D eigenvalue weighted by Crippen LogP contribution is 2.15. The summed E-state index contributed by atoms with van der Waals surface area (Å²) in [7, 11) is 0. The van der Waals surface area contributed by atoms with E-state index in [0.717, 1.165) is 62.1 Å². The molecule has 1 aliphatic rings. The first-order valence-corrected chi connectivity index (χ1v) is 9.12. The van der Waals surface area contributed by atoms with E-state index in [0.29, 0.717) is 19.3 Å². The molecule has 1 aromatic rings. The largest absolute Gasteiger partial charge is 0.379 e. The molecule has 6 heteroatoms. The lowest BCUT2D eigenvalue weighted by Gasteiger charge is -2.13. The molecule has 0 radical (unpaired) electrons. The van der Waals surface area contributed by atoms with Gasteiger partial charge in [0.15, 0.2) is 5.96 Å². The molecule has 2 N–H and O–H groups in total. The second-order valence-electron chi connectivity index (χ2n) is 5.78. The van der Waals surface area contributed by atoms with Crippen molar-refractivity contribution in [3.8, 4) is 0 Å². The average molecular weight is 354 g/mol. The number of nitrogens with one attached hydrogen (secondary N) is 2. The molecule has 134 valence electrons. The molecule has 0 aliphatic carbocycles. The van der Waals surface area contributed by atoms with Crippen LogP contribution in [0.3, 0.4) is 0 Å². The molecule has 1 saturated heterocycles. The maximum absolute atomic E-state index is 6.16. The predicted octanol–water partition coefficient (Wildman–Crippen LogP) is 2.98. The summed E-state index contributed by atoms with van der Waals surface area (Å²) in [4.78, 5) is 4.57. The number of rotatable bonds is 9. The highest BCUT2D eigenvalue weighted by Gasteiger charge is 2.14. The Bertz CT molecular complexity index is 505. The normalized spacial score (nSPS) is 17.9. The Morgan fingerprint density at radius 1 is 1.38 bits per heavy atom. The van der Waals surface area contributed by atoms with Gasteiger partial charge in [-0.1, -0.05) is 29.8 Å². The van der Waals surface area contributed by atoms with E-state index in [9.17, 15) is 0 Å². The van der Waals surface area contributed by atoms with Crippen LogP contribution < -0.4 is 10.6 Å². The second kappa shape index (κ2) is 11.3. The molecular formula is C18H28ClN3O2. The van der Waals surface area contributed by atoms with Crippen molar-refractivity contribution >= 4 is 17.6 Å². The number of aliphatic imine (C=N–C) groups is 1. The molecule has 1 atom stereocenters. The lowest BCUT2D eigenvalue weighted by atomic mass is 10.2. The van der Waals surface area contributed by atoms with Crippen molar-refractivity contribution in [2.75, 3.05) is 32.9 Å². The van der Waals surface area contributed by atoms with E-state index in [4.69, 9.17) is 21.1 Å². The standard InChI is InChI=1S/C18H28ClN3O2/c1-2-20-18(22-13-15-7-3-4-9-17(15)19)21-10-6-11-23-14-16-8-5-12-24-16/h3-4,7,9,16H,2,5-6,8,10-14H2,1H3,(H2,20,21,22). The highest BCUT2D eigenvalue weighted by atomic mass is 35.5. The van der Waals surface area contributed by atoms with E-state index in [1.165, 1.54) is 0 Å². The van der Waals surface area contributed by atoms with Crippen molar-refractivity contribution in [2.24, 2.45) is 4.99 Å². The summed E-state index contributed by atoms with van der Waals surface area (Å²) in [5.41, 5.74) is 1.02. The molecule has 1 unspecified atom stereocenters. The maximum Gasteiger partial charge on any atom is 0.191 e. The van der Waals surface area contributed by atoms with Gasteiger partial charge in [-0.2, -0.15) is 0 Å². The van der Waals surface area contributed by atoms with Crippen LogP contribution in [-0.4, -0.2) is 45.0 Å². The summed E-state index contributed by atoms with van der Waals surface area (Å²) < 4.78 is 11.2. The van der Waals surface area contributed by atoms with Gasteiger partial charge < -0.3 is 20.1 Å². The Balaban J connectivity index is 1.64. The Morgan fingerprint density at radius 2 is 2.25 bits per heavy atom. The highest BCUT2D eigenvalue weighted by molar-refractivity contribution is 6.31. The molecule has 0 bridgehead atoms. The fraction of sp³-hybridized carbons (Fsp3) is 0.611. The molecule has 24 heavy (non-hydrogen) atoms. The topological polar surface area (TPSA) is 54.9 Å². The molecule has 0 aromatic heterocycles. The number of halogens is 1. The van der Waals surface area contributed by atoms with Crippen molar-refractivity contribution in [1.29, 1.82) is 0 Å². The van der Waals surface area contributed by atoms with Gasteiger partial charge in [0.25, 0.3) is 0 Å². The third-order valence-electron chi connectivity index (χ3n) is 3.80. The van der Waals surface area contributed by atoms with Crippen molar-refractivity contribution in [2.45, 2.75) is 38.8 Å². The first kappa shape index (κ1) is 19.0. The van der Waals surface area contributed by atoms with Gasteiger partial charge in [-0.15, -0.1) is 0 Å². The smallest absolute Gasteiger partial charge is 0.191 e. The van der Waals surface area contributed by atoms with E-state index in [1.807, 2.05) is 24.3 Å². The van der Waals surface area contributed by atoms with Crippen LogP contribution in [0, 0.1) is 0 Å². The maximum atomic E-state index is 6.16. The molecule has 1 aromatic carbocycles. The predicted molar refractivity (Wildman–Crippen MR) is 98.7 cm³/mol. The molecule has 1 heterocycles.